The molecule has 1 aromatic carbocycles. The van der Waals surface area contributed by atoms with E-state index in [1.807, 2.05) is 0 Å². The first-order valence-electron chi connectivity index (χ1n) is 6.62. The molecule has 2 N–H and O–H groups in total. The quantitative estimate of drug-likeness (QED) is 0.269. The number of carbonyl (C=O) groups excluding carboxylic acids is 1. The Kier molecular flexibility index (Phi) is 5.45. The first-order valence-corrected chi connectivity index (χ1v) is 6.62. The zero-order chi connectivity index (χ0) is 17.5. The average Bonchev–Trinajstić information content (AvgIpc) is 3.05. The third-order valence-electron chi connectivity index (χ3n) is 2.66. The molecule has 2 rings (SSSR count). The largest absolute Gasteiger partial charge is 0.493 e. The van der Waals surface area contributed by atoms with Gasteiger partial charge in [-0.3, -0.25) is 10.1 Å². The van der Waals surface area contributed by atoms with Crippen LogP contribution in [0.5, 0.6) is 5.75 Å². The average molecular weight is 337 g/mol. The third kappa shape index (κ3) is 4.80. The fraction of sp³-hybridized carbons (Fsp3) is 0.143. The van der Waals surface area contributed by atoms with E-state index in [1.54, 1.807) is 0 Å². The predicted octanol–water partition coefficient (Wildman–Crippen LogP) is 1.96. The van der Waals surface area contributed by atoms with Gasteiger partial charge in [-0.2, -0.15) is 0 Å². The standard InChI is InChI=1S/C14H12FN3O6/c15-9-1-3-10(4-2-9)22-8-7-13(19)24-17-14(16)11-5-6-12(23-11)18(20)21/h1-6H,7-8H2,(H2,16,17). The first-order chi connectivity index (χ1) is 11.5. The Morgan fingerprint density at radius 3 is 2.62 bits per heavy atom. The molecule has 10 heteroatoms. The molecule has 0 aliphatic carbocycles. The summed E-state index contributed by atoms with van der Waals surface area (Å²) in [6.45, 7) is -0.00782. The van der Waals surface area contributed by atoms with Gasteiger partial charge in [-0.15, -0.1) is 0 Å². The molecule has 0 aliphatic rings. The van der Waals surface area contributed by atoms with Crippen LogP contribution in [0.4, 0.5) is 10.3 Å². The second-order valence-corrected chi connectivity index (χ2v) is 4.39. The maximum atomic E-state index is 12.7. The number of carbonyl (C=O) groups is 1. The van der Waals surface area contributed by atoms with Gasteiger partial charge in [-0.25, -0.2) is 9.18 Å². The fourth-order valence-electron chi connectivity index (χ4n) is 1.54. The van der Waals surface area contributed by atoms with Crippen LogP contribution in [0.1, 0.15) is 12.2 Å². The topological polar surface area (TPSA) is 130 Å². The van der Waals surface area contributed by atoms with E-state index in [0.29, 0.717) is 5.75 Å². The van der Waals surface area contributed by atoms with E-state index >= 15 is 0 Å². The maximum Gasteiger partial charge on any atom is 0.433 e. The van der Waals surface area contributed by atoms with Gasteiger partial charge in [0, 0.05) is 0 Å². The van der Waals surface area contributed by atoms with Gasteiger partial charge in [-0.05, 0) is 30.3 Å². The van der Waals surface area contributed by atoms with Crippen LogP contribution in [0.2, 0.25) is 0 Å². The van der Waals surface area contributed by atoms with Gasteiger partial charge in [0.1, 0.15) is 16.5 Å². The highest BCUT2D eigenvalue weighted by Crippen LogP contribution is 2.15. The summed E-state index contributed by atoms with van der Waals surface area (Å²) in [7, 11) is 0. The minimum atomic E-state index is -0.740. The third-order valence-corrected chi connectivity index (χ3v) is 2.66. The van der Waals surface area contributed by atoms with Gasteiger partial charge in [0.15, 0.2) is 5.76 Å². The lowest BCUT2D eigenvalue weighted by Crippen LogP contribution is -2.15. The van der Waals surface area contributed by atoms with Gasteiger partial charge in [0.05, 0.1) is 19.1 Å². The summed E-state index contributed by atoms with van der Waals surface area (Å²) in [5.74, 6) is -1.67. The molecule has 0 radical (unpaired) electrons. The zero-order valence-corrected chi connectivity index (χ0v) is 12.2. The number of oxime groups is 1. The molecule has 0 saturated heterocycles. The van der Waals surface area contributed by atoms with Gasteiger partial charge in [0.2, 0.25) is 5.84 Å². The van der Waals surface area contributed by atoms with Crippen molar-refractivity contribution in [3.05, 3.63) is 58.1 Å². The molecule has 1 aromatic heterocycles. The Morgan fingerprint density at radius 2 is 2.00 bits per heavy atom. The highest BCUT2D eigenvalue weighted by atomic mass is 19.1. The van der Waals surface area contributed by atoms with Crippen LogP contribution in [-0.4, -0.2) is 23.3 Å². The molecule has 24 heavy (non-hydrogen) atoms. The van der Waals surface area contributed by atoms with Crippen molar-refractivity contribution in [2.75, 3.05) is 6.61 Å². The summed E-state index contributed by atoms with van der Waals surface area (Å²) in [6.07, 6.45) is -0.132. The number of amidine groups is 1. The summed E-state index contributed by atoms with van der Waals surface area (Å²) in [5, 5.41) is 13.8. The van der Waals surface area contributed by atoms with E-state index in [2.05, 4.69) is 9.99 Å². The number of rotatable bonds is 7. The van der Waals surface area contributed by atoms with Crippen LogP contribution in [0, 0.1) is 15.9 Å². The molecule has 0 spiro atoms. The Hall–Kier alpha value is -3.43. The molecule has 0 saturated carbocycles. The van der Waals surface area contributed by atoms with Crippen molar-refractivity contribution in [1.29, 1.82) is 0 Å². The molecule has 2 aromatic rings. The van der Waals surface area contributed by atoms with Crippen LogP contribution in [0.25, 0.3) is 0 Å². The molecule has 0 fully saturated rings. The Morgan fingerprint density at radius 1 is 1.29 bits per heavy atom. The Bertz CT molecular complexity index is 756. The normalized spacial score (nSPS) is 11.1. The molecule has 0 atom stereocenters. The van der Waals surface area contributed by atoms with E-state index < -0.39 is 22.6 Å². The number of halogens is 1. The number of nitro groups is 1. The Balaban J connectivity index is 1.78. The minimum Gasteiger partial charge on any atom is -0.493 e. The maximum absolute atomic E-state index is 12.7. The van der Waals surface area contributed by atoms with Crippen LogP contribution < -0.4 is 10.5 Å². The molecule has 9 nitrogen and oxygen atoms in total. The van der Waals surface area contributed by atoms with Gasteiger partial charge in [0.25, 0.3) is 0 Å². The van der Waals surface area contributed by atoms with E-state index in [1.165, 1.54) is 30.3 Å². The van der Waals surface area contributed by atoms with Gasteiger partial charge < -0.3 is 19.7 Å². The number of benzene rings is 1. The predicted molar refractivity (Wildman–Crippen MR) is 78.7 cm³/mol. The van der Waals surface area contributed by atoms with E-state index in [0.717, 1.165) is 6.07 Å². The van der Waals surface area contributed by atoms with Crippen molar-refractivity contribution >= 4 is 17.7 Å². The monoisotopic (exact) mass is 337 g/mol. The van der Waals surface area contributed by atoms with Crippen molar-refractivity contribution < 1.29 is 28.1 Å². The highest BCUT2D eigenvalue weighted by molar-refractivity contribution is 5.95. The van der Waals surface area contributed by atoms with Crippen LogP contribution in [0.3, 0.4) is 0 Å². The summed E-state index contributed by atoms with van der Waals surface area (Å²) in [4.78, 5) is 25.7. The summed E-state index contributed by atoms with van der Waals surface area (Å²) < 4.78 is 22.7. The van der Waals surface area contributed by atoms with Crippen molar-refractivity contribution in [3.63, 3.8) is 0 Å². The van der Waals surface area contributed by atoms with E-state index in [-0.39, 0.29) is 24.6 Å². The second-order valence-electron chi connectivity index (χ2n) is 4.39. The van der Waals surface area contributed by atoms with Crippen molar-refractivity contribution in [2.24, 2.45) is 10.9 Å². The molecule has 0 amide bonds. The molecule has 0 bridgehead atoms. The summed E-state index contributed by atoms with van der Waals surface area (Å²) in [6, 6.07) is 7.60. The first kappa shape index (κ1) is 16.9. The second kappa shape index (κ2) is 7.72. The number of hydrogen-bond donors (Lipinski definition) is 1. The number of furan rings is 1. The minimum absolute atomic E-state index is 0.00782. The van der Waals surface area contributed by atoms with Crippen LogP contribution in [-0.2, 0) is 9.63 Å². The molecule has 0 aliphatic heterocycles. The lowest BCUT2D eigenvalue weighted by Gasteiger charge is -2.04. The van der Waals surface area contributed by atoms with Gasteiger partial charge >= 0.3 is 11.9 Å². The lowest BCUT2D eigenvalue weighted by atomic mass is 10.3. The molecular formula is C14H12FN3O6. The van der Waals surface area contributed by atoms with Gasteiger partial charge in [-0.1, -0.05) is 5.16 Å². The molecular weight excluding hydrogens is 325 g/mol. The smallest absolute Gasteiger partial charge is 0.433 e. The highest BCUT2D eigenvalue weighted by Gasteiger charge is 2.15. The molecule has 126 valence electrons. The van der Waals surface area contributed by atoms with Crippen LogP contribution in [0.15, 0.2) is 46.0 Å². The molecule has 1 heterocycles. The number of nitrogens with zero attached hydrogens (tertiary/aromatic N) is 2. The zero-order valence-electron chi connectivity index (χ0n) is 12.2. The number of nitrogens with two attached hydrogens (primary N) is 1. The van der Waals surface area contributed by atoms with Crippen molar-refractivity contribution in [2.45, 2.75) is 6.42 Å². The summed E-state index contributed by atoms with van der Waals surface area (Å²) >= 11 is 0. The van der Waals surface area contributed by atoms with Crippen molar-refractivity contribution in [3.8, 4) is 5.75 Å². The van der Waals surface area contributed by atoms with Crippen molar-refractivity contribution in [1.82, 2.24) is 0 Å². The fourth-order valence-corrected chi connectivity index (χ4v) is 1.54. The van der Waals surface area contributed by atoms with Crippen LogP contribution >= 0.6 is 0 Å². The van der Waals surface area contributed by atoms with E-state index in [9.17, 15) is 19.3 Å². The molecule has 0 unspecified atom stereocenters. The number of hydrogen-bond acceptors (Lipinski definition) is 7. The number of ether oxygens (including phenoxy) is 1. The van der Waals surface area contributed by atoms with E-state index in [4.69, 9.17) is 14.9 Å². The lowest BCUT2D eigenvalue weighted by molar-refractivity contribution is -0.402. The summed E-state index contributed by atoms with van der Waals surface area (Å²) in [5.41, 5.74) is 5.48. The SMILES string of the molecule is N/C(=N\OC(=O)CCOc1ccc(F)cc1)c1ccc([N+](=O)[O-])o1. The Labute approximate surface area is 134 Å².